The van der Waals surface area contributed by atoms with Crippen molar-refractivity contribution < 1.29 is 14.5 Å². The highest BCUT2D eigenvalue weighted by molar-refractivity contribution is 5.99. The molecule has 0 fully saturated rings. The molecule has 0 aliphatic carbocycles. The highest BCUT2D eigenvalue weighted by atomic mass is 16.6. The first kappa shape index (κ1) is 13.4. The predicted octanol–water partition coefficient (Wildman–Crippen LogP) is -0.218. The van der Waals surface area contributed by atoms with Crippen LogP contribution in [0.3, 0.4) is 0 Å². The van der Waals surface area contributed by atoms with Crippen LogP contribution in [0.4, 0.5) is 11.4 Å². The number of benzene rings is 1. The highest BCUT2D eigenvalue weighted by Crippen LogP contribution is 2.19. The van der Waals surface area contributed by atoms with Gasteiger partial charge in [0.25, 0.3) is 11.6 Å². The van der Waals surface area contributed by atoms with E-state index >= 15 is 0 Å². The first-order chi connectivity index (χ1) is 8.41. The smallest absolute Gasteiger partial charge is 0.270 e. The molecule has 0 heterocycles. The van der Waals surface area contributed by atoms with E-state index in [1.165, 1.54) is 12.1 Å². The number of amides is 2. The van der Waals surface area contributed by atoms with Gasteiger partial charge < -0.3 is 16.8 Å². The molecule has 0 saturated heterocycles. The Morgan fingerprint density at radius 3 is 2.61 bits per heavy atom. The summed E-state index contributed by atoms with van der Waals surface area (Å²) < 4.78 is 0. The Kier molecular flexibility index (Phi) is 4.19. The Morgan fingerprint density at radius 2 is 2.06 bits per heavy atom. The van der Waals surface area contributed by atoms with Crippen molar-refractivity contribution >= 4 is 23.2 Å². The summed E-state index contributed by atoms with van der Waals surface area (Å²) in [4.78, 5) is 32.1. The van der Waals surface area contributed by atoms with Crippen molar-refractivity contribution in [3.05, 3.63) is 33.9 Å². The van der Waals surface area contributed by atoms with Gasteiger partial charge in [0, 0.05) is 30.8 Å². The van der Waals surface area contributed by atoms with E-state index in [2.05, 4.69) is 5.32 Å². The maximum atomic E-state index is 11.7. The van der Waals surface area contributed by atoms with Gasteiger partial charge in [0.15, 0.2) is 0 Å². The number of nitro groups is 1. The van der Waals surface area contributed by atoms with Gasteiger partial charge in [0.2, 0.25) is 5.91 Å². The largest absolute Gasteiger partial charge is 0.398 e. The van der Waals surface area contributed by atoms with Gasteiger partial charge in [-0.1, -0.05) is 0 Å². The van der Waals surface area contributed by atoms with E-state index in [1.54, 1.807) is 0 Å². The lowest BCUT2D eigenvalue weighted by atomic mass is 10.1. The molecule has 2 amide bonds. The van der Waals surface area contributed by atoms with Gasteiger partial charge in [-0.25, -0.2) is 0 Å². The fourth-order valence-corrected chi connectivity index (χ4v) is 1.25. The Hall–Kier alpha value is -2.64. The van der Waals surface area contributed by atoms with Gasteiger partial charge in [-0.3, -0.25) is 19.7 Å². The van der Waals surface area contributed by atoms with Gasteiger partial charge in [0.05, 0.1) is 10.5 Å². The summed E-state index contributed by atoms with van der Waals surface area (Å²) >= 11 is 0. The quantitative estimate of drug-likeness (QED) is 0.377. The Bertz CT molecular complexity index is 501. The number of nitro benzene ring substituents is 1. The van der Waals surface area contributed by atoms with Crippen LogP contribution in [-0.2, 0) is 4.79 Å². The lowest BCUT2D eigenvalue weighted by Gasteiger charge is -2.06. The average molecular weight is 252 g/mol. The number of anilines is 1. The third kappa shape index (κ3) is 3.44. The van der Waals surface area contributed by atoms with E-state index in [4.69, 9.17) is 11.5 Å². The number of hydrogen-bond donors (Lipinski definition) is 3. The average Bonchev–Trinajstić information content (AvgIpc) is 2.28. The van der Waals surface area contributed by atoms with Gasteiger partial charge in [-0.15, -0.1) is 0 Å². The first-order valence-electron chi connectivity index (χ1n) is 5.02. The molecule has 0 aromatic heterocycles. The number of nitrogens with one attached hydrogen (secondary N) is 1. The van der Waals surface area contributed by atoms with Gasteiger partial charge in [0.1, 0.15) is 0 Å². The van der Waals surface area contributed by atoms with Gasteiger partial charge in [-0.2, -0.15) is 0 Å². The minimum Gasteiger partial charge on any atom is -0.398 e. The molecule has 18 heavy (non-hydrogen) atoms. The van der Waals surface area contributed by atoms with E-state index < -0.39 is 16.7 Å². The molecule has 8 heteroatoms. The first-order valence-corrected chi connectivity index (χ1v) is 5.02. The number of carbonyl (C=O) groups excluding carboxylic acids is 2. The molecule has 0 bridgehead atoms. The van der Waals surface area contributed by atoms with Crippen molar-refractivity contribution in [1.29, 1.82) is 0 Å². The lowest BCUT2D eigenvalue weighted by Crippen LogP contribution is -2.28. The maximum absolute atomic E-state index is 11.7. The highest BCUT2D eigenvalue weighted by Gasteiger charge is 2.14. The molecule has 1 rings (SSSR count). The Balaban J connectivity index is 2.81. The molecule has 0 aliphatic rings. The van der Waals surface area contributed by atoms with Crippen molar-refractivity contribution in [3.8, 4) is 0 Å². The molecular weight excluding hydrogens is 240 g/mol. The number of nitrogens with zero attached hydrogens (tertiary/aromatic N) is 1. The van der Waals surface area contributed by atoms with Crippen LogP contribution in [0.15, 0.2) is 18.2 Å². The van der Waals surface area contributed by atoms with Crippen LogP contribution in [0.25, 0.3) is 0 Å². The van der Waals surface area contributed by atoms with Crippen molar-refractivity contribution in [1.82, 2.24) is 5.32 Å². The monoisotopic (exact) mass is 252 g/mol. The second kappa shape index (κ2) is 5.62. The molecule has 0 spiro atoms. The number of hydrogen-bond acceptors (Lipinski definition) is 5. The molecule has 0 radical (unpaired) electrons. The van der Waals surface area contributed by atoms with Crippen LogP contribution in [0, 0.1) is 10.1 Å². The summed E-state index contributed by atoms with van der Waals surface area (Å²) in [6.07, 6.45) is -0.0133. The van der Waals surface area contributed by atoms with Crippen molar-refractivity contribution in [2.45, 2.75) is 6.42 Å². The molecule has 0 aliphatic heterocycles. The van der Waals surface area contributed by atoms with E-state index in [-0.39, 0.29) is 29.9 Å². The summed E-state index contributed by atoms with van der Waals surface area (Å²) in [5.41, 5.74) is 10.3. The second-order valence-electron chi connectivity index (χ2n) is 3.50. The number of primary amides is 1. The molecular formula is C10H12N4O4. The van der Waals surface area contributed by atoms with Gasteiger partial charge in [-0.05, 0) is 6.07 Å². The zero-order valence-electron chi connectivity index (χ0n) is 9.38. The van der Waals surface area contributed by atoms with Crippen LogP contribution in [0.2, 0.25) is 0 Å². The fraction of sp³-hybridized carbons (Fsp3) is 0.200. The lowest BCUT2D eigenvalue weighted by molar-refractivity contribution is -0.384. The molecule has 1 aromatic rings. The summed E-state index contributed by atoms with van der Waals surface area (Å²) in [6.45, 7) is 0.0519. The summed E-state index contributed by atoms with van der Waals surface area (Å²) in [5, 5.41) is 13.0. The number of rotatable bonds is 5. The molecule has 8 nitrogen and oxygen atoms in total. The number of nitrogens with two attached hydrogens (primary N) is 2. The number of nitrogen functional groups attached to an aromatic ring is 1. The summed E-state index contributed by atoms with van der Waals surface area (Å²) in [6, 6.07) is 3.56. The van der Waals surface area contributed by atoms with Crippen LogP contribution in [0.5, 0.6) is 0 Å². The summed E-state index contributed by atoms with van der Waals surface area (Å²) in [5.74, 6) is -1.14. The van der Waals surface area contributed by atoms with Crippen LogP contribution >= 0.6 is 0 Å². The Labute approximate surface area is 102 Å². The third-order valence-corrected chi connectivity index (χ3v) is 2.15. The van der Waals surface area contributed by atoms with Crippen molar-refractivity contribution in [2.75, 3.05) is 12.3 Å². The van der Waals surface area contributed by atoms with Crippen molar-refractivity contribution in [2.24, 2.45) is 5.73 Å². The minimum absolute atomic E-state index is 0.00586. The van der Waals surface area contributed by atoms with Crippen LogP contribution in [0.1, 0.15) is 16.8 Å². The van der Waals surface area contributed by atoms with E-state index in [1.807, 2.05) is 0 Å². The normalized spacial score (nSPS) is 9.78. The molecule has 0 saturated carbocycles. The summed E-state index contributed by atoms with van der Waals surface area (Å²) in [7, 11) is 0. The van der Waals surface area contributed by atoms with Crippen LogP contribution in [-0.4, -0.2) is 23.3 Å². The number of non-ortho nitro benzene ring substituents is 1. The van der Waals surface area contributed by atoms with E-state index in [9.17, 15) is 19.7 Å². The number of carbonyl (C=O) groups is 2. The second-order valence-corrected chi connectivity index (χ2v) is 3.50. The zero-order chi connectivity index (χ0) is 13.7. The zero-order valence-corrected chi connectivity index (χ0v) is 9.38. The van der Waals surface area contributed by atoms with Crippen LogP contribution < -0.4 is 16.8 Å². The standard InChI is InChI=1S/C10H12N4O4/c11-8-2-1-6(14(17)18)5-7(8)10(16)13-4-3-9(12)15/h1-2,5H,3-4,11H2,(H2,12,15)(H,13,16). The predicted molar refractivity (Wildman–Crippen MR) is 63.7 cm³/mol. The third-order valence-electron chi connectivity index (χ3n) is 2.15. The molecule has 0 unspecified atom stereocenters. The van der Waals surface area contributed by atoms with E-state index in [0.29, 0.717) is 0 Å². The fourth-order valence-electron chi connectivity index (χ4n) is 1.25. The molecule has 1 aromatic carbocycles. The van der Waals surface area contributed by atoms with E-state index in [0.717, 1.165) is 6.07 Å². The van der Waals surface area contributed by atoms with Crippen molar-refractivity contribution in [3.63, 3.8) is 0 Å². The molecule has 0 atom stereocenters. The minimum atomic E-state index is -0.625. The Morgan fingerprint density at radius 1 is 1.39 bits per heavy atom. The van der Waals surface area contributed by atoms with Gasteiger partial charge >= 0.3 is 0 Å². The molecule has 96 valence electrons. The maximum Gasteiger partial charge on any atom is 0.270 e. The molecule has 5 N–H and O–H groups in total. The SMILES string of the molecule is NC(=O)CCNC(=O)c1cc([N+](=O)[O-])ccc1N. The topological polar surface area (TPSA) is 141 Å².